The molecule has 4 amide bonds. The number of carbonyl (C=O) groups is 6. The average Bonchev–Trinajstić information content (AvgIpc) is 3.99. The molecule has 4 aliphatic rings. The number of hydrogen-bond acceptors (Lipinski definition) is 13. The number of Topliss-reactive ketones (excluding diaryl/α,β-unsaturated/α-hetero) is 2. The lowest BCUT2D eigenvalue weighted by molar-refractivity contribution is -0.129. The molecule has 0 aromatic heterocycles. The van der Waals surface area contributed by atoms with Crippen LogP contribution >= 0.6 is 21.6 Å². The van der Waals surface area contributed by atoms with E-state index in [4.69, 9.17) is 24.2 Å². The standard InChI is InChI=1S/C61H66N6O9S2/c1-8-46(68)16-13-21-77-78-61(5,6)20-19-57(70)64-38(4)53(69)23-37(3)58(71)65-43-25-39(34-75-54-30-49-47(22-36(54)2)59(72)66-44(32-62-49)27-41-14-9-11-17-51(41)66)24-40(26-43)35-76-56-31-50-48(29-55(56)74-7)60(73)67-45(33-63-50)28-42-15-10-12-18-52(42)67/h9-12,14-15,17-18,22,24-26,29-33,37-38,44-45H,8,13,16,19-21,23,27-28,34-35H2,1-7H3,(H,64,70)(H,65,71)/t37-,38+,44+,45+/m1/s1. The van der Waals surface area contributed by atoms with Crippen molar-refractivity contribution in [2.45, 2.75) is 129 Å². The number of ketones is 2. The zero-order valence-corrected chi connectivity index (χ0v) is 46.8. The molecule has 0 bridgehead atoms. The number of rotatable bonds is 23. The fourth-order valence-electron chi connectivity index (χ4n) is 10.1. The number of para-hydroxylation sites is 2. The summed E-state index contributed by atoms with van der Waals surface area (Å²) in [5, 5.41) is 5.84. The van der Waals surface area contributed by atoms with E-state index in [0.29, 0.717) is 88.7 Å². The summed E-state index contributed by atoms with van der Waals surface area (Å²) in [4.78, 5) is 93.3. The predicted molar refractivity (Wildman–Crippen MR) is 310 cm³/mol. The third kappa shape index (κ3) is 12.7. The number of aryl methyl sites for hydroxylation is 1. The Morgan fingerprint density at radius 3 is 1.94 bits per heavy atom. The number of anilines is 3. The molecule has 78 heavy (non-hydrogen) atoms. The first kappa shape index (κ1) is 55.5. The van der Waals surface area contributed by atoms with Crippen LogP contribution in [0.15, 0.2) is 101 Å². The van der Waals surface area contributed by atoms with E-state index in [9.17, 15) is 28.8 Å². The number of methoxy groups -OCH3 is 1. The largest absolute Gasteiger partial charge is 0.493 e. The van der Waals surface area contributed by atoms with Crippen LogP contribution in [0.1, 0.15) is 122 Å². The van der Waals surface area contributed by atoms with E-state index in [1.54, 1.807) is 76.9 Å². The molecule has 5 aromatic carbocycles. The van der Waals surface area contributed by atoms with Crippen molar-refractivity contribution in [3.8, 4) is 17.2 Å². The van der Waals surface area contributed by atoms with Gasteiger partial charge in [-0.25, -0.2) is 0 Å². The zero-order chi connectivity index (χ0) is 55.3. The van der Waals surface area contributed by atoms with Crippen LogP contribution in [0.3, 0.4) is 0 Å². The molecule has 15 nitrogen and oxygen atoms in total. The predicted octanol–water partition coefficient (Wildman–Crippen LogP) is 11.5. The van der Waals surface area contributed by atoms with E-state index in [1.165, 1.54) is 7.11 Å². The van der Waals surface area contributed by atoms with Crippen molar-refractivity contribution in [3.63, 3.8) is 0 Å². The molecule has 0 unspecified atom stereocenters. The molecule has 0 radical (unpaired) electrons. The number of nitrogens with one attached hydrogen (secondary N) is 2. The van der Waals surface area contributed by atoms with Crippen LogP contribution < -0.4 is 34.6 Å². The van der Waals surface area contributed by atoms with Crippen molar-refractivity contribution in [2.24, 2.45) is 15.9 Å². The second kappa shape index (κ2) is 24.2. The molecular formula is C61H66N6O9S2. The van der Waals surface area contributed by atoms with Crippen LogP contribution in [0, 0.1) is 12.8 Å². The van der Waals surface area contributed by atoms with Crippen LogP contribution in [-0.2, 0) is 45.2 Å². The monoisotopic (exact) mass is 1090 g/mol. The van der Waals surface area contributed by atoms with Gasteiger partial charge in [-0.05, 0) is 111 Å². The first-order chi connectivity index (χ1) is 37.5. The highest BCUT2D eigenvalue weighted by molar-refractivity contribution is 8.77. The molecule has 0 aliphatic carbocycles. The van der Waals surface area contributed by atoms with Crippen molar-refractivity contribution in [2.75, 3.05) is 28.0 Å². The van der Waals surface area contributed by atoms with Gasteiger partial charge in [0.05, 0.1) is 47.7 Å². The summed E-state index contributed by atoms with van der Waals surface area (Å²) >= 11 is 0. The molecular weight excluding hydrogens is 1020 g/mol. The summed E-state index contributed by atoms with van der Waals surface area (Å²) in [7, 11) is 4.92. The highest BCUT2D eigenvalue weighted by atomic mass is 33.1. The lowest BCUT2D eigenvalue weighted by Gasteiger charge is -2.23. The fourth-order valence-corrected chi connectivity index (χ4v) is 12.8. The Hall–Kier alpha value is -7.24. The average molecular weight is 1090 g/mol. The van der Waals surface area contributed by atoms with Gasteiger partial charge in [-0.15, -0.1) is 0 Å². The third-order valence-corrected chi connectivity index (χ3v) is 17.9. The number of ether oxygens (including phenoxy) is 3. The van der Waals surface area contributed by atoms with Gasteiger partial charge in [-0.1, -0.05) is 71.8 Å². The van der Waals surface area contributed by atoms with E-state index >= 15 is 0 Å². The summed E-state index contributed by atoms with van der Waals surface area (Å²) < 4.78 is 18.5. The van der Waals surface area contributed by atoms with Gasteiger partial charge in [0.1, 0.15) is 24.7 Å². The Labute approximate surface area is 463 Å². The van der Waals surface area contributed by atoms with Crippen LogP contribution in [0.25, 0.3) is 0 Å². The van der Waals surface area contributed by atoms with E-state index in [2.05, 4.69) is 24.5 Å². The molecule has 9 rings (SSSR count). The van der Waals surface area contributed by atoms with Crippen LogP contribution in [0.2, 0.25) is 0 Å². The Morgan fingerprint density at radius 1 is 0.756 bits per heavy atom. The van der Waals surface area contributed by atoms with Gasteiger partial charge < -0.3 is 24.8 Å². The third-order valence-electron chi connectivity index (χ3n) is 14.5. The fraction of sp³-hybridized carbons (Fsp3) is 0.377. The number of fused-ring (bicyclic) bond motifs is 8. The second-order valence-electron chi connectivity index (χ2n) is 21.0. The normalized spacial score (nSPS) is 16.6. The minimum Gasteiger partial charge on any atom is -0.493 e. The molecule has 4 heterocycles. The van der Waals surface area contributed by atoms with Gasteiger partial charge in [0.2, 0.25) is 11.8 Å². The molecule has 4 atom stereocenters. The van der Waals surface area contributed by atoms with Crippen molar-refractivity contribution < 1.29 is 43.0 Å². The zero-order valence-electron chi connectivity index (χ0n) is 45.2. The summed E-state index contributed by atoms with van der Waals surface area (Å²) in [5.41, 5.74) is 8.28. The number of amides is 4. The molecule has 406 valence electrons. The molecule has 17 heteroatoms. The molecule has 2 N–H and O–H groups in total. The molecule has 0 saturated heterocycles. The Balaban J connectivity index is 0.886. The number of benzene rings is 5. The van der Waals surface area contributed by atoms with E-state index in [0.717, 1.165) is 40.2 Å². The highest BCUT2D eigenvalue weighted by Crippen LogP contribution is 2.43. The highest BCUT2D eigenvalue weighted by Gasteiger charge is 2.38. The smallest absolute Gasteiger partial charge is 0.261 e. The quantitative estimate of drug-likeness (QED) is 0.0468. The number of carbonyl (C=O) groups excluding carboxylic acids is 6. The summed E-state index contributed by atoms with van der Waals surface area (Å²) in [6.07, 6.45) is 7.66. The Bertz CT molecular complexity index is 3230. The van der Waals surface area contributed by atoms with Crippen molar-refractivity contribution in [1.29, 1.82) is 0 Å². The van der Waals surface area contributed by atoms with Crippen molar-refractivity contribution >= 4 is 97.6 Å². The maximum atomic E-state index is 14.1. The van der Waals surface area contributed by atoms with Crippen molar-refractivity contribution in [1.82, 2.24) is 5.32 Å². The molecule has 0 spiro atoms. The van der Waals surface area contributed by atoms with Gasteiger partial charge in [0.15, 0.2) is 17.3 Å². The number of nitrogens with zero attached hydrogens (tertiary/aromatic N) is 4. The van der Waals surface area contributed by atoms with Crippen LogP contribution in [0.5, 0.6) is 17.2 Å². The van der Waals surface area contributed by atoms with E-state index in [1.807, 2.05) is 85.6 Å². The SMILES string of the molecule is CCC(=O)CCCSSC(C)(C)CCC(=O)N[C@@H](C)C(=O)C[C@@H](C)C(=O)Nc1cc(COc2cc3c(cc2C)C(=O)N2c4ccccc4C[C@H]2C=N3)cc(COc2cc3c(cc2OC)C(=O)N2c4ccccc4C[C@H]2C=N3)c1. The summed E-state index contributed by atoms with van der Waals surface area (Å²) in [6.45, 7) is 11.3. The first-order valence-electron chi connectivity index (χ1n) is 26.6. The Morgan fingerprint density at radius 2 is 1.33 bits per heavy atom. The van der Waals surface area contributed by atoms with E-state index in [-0.39, 0.29) is 72.2 Å². The molecule has 0 saturated carbocycles. The topological polar surface area (TPSA) is 185 Å². The van der Waals surface area contributed by atoms with Crippen LogP contribution in [-0.4, -0.2) is 83.4 Å². The lowest BCUT2D eigenvalue weighted by Crippen LogP contribution is -2.40. The molecule has 4 aliphatic heterocycles. The molecule has 0 fully saturated rings. The number of aliphatic imine (C=N–C) groups is 2. The lowest BCUT2D eigenvalue weighted by atomic mass is 9.99. The summed E-state index contributed by atoms with van der Waals surface area (Å²) in [6, 6.07) is 27.0. The van der Waals surface area contributed by atoms with Gasteiger partial charge >= 0.3 is 0 Å². The maximum absolute atomic E-state index is 14.1. The second-order valence-corrected chi connectivity index (χ2v) is 24.1. The minimum absolute atomic E-state index is 0.0162. The number of hydrogen-bond donors (Lipinski definition) is 2. The van der Waals surface area contributed by atoms with Gasteiger partial charge in [0.25, 0.3) is 11.8 Å². The van der Waals surface area contributed by atoms with Gasteiger partial charge in [0, 0.05) is 96.6 Å². The maximum Gasteiger partial charge on any atom is 0.261 e. The van der Waals surface area contributed by atoms with Gasteiger partial charge in [-0.3, -0.25) is 48.6 Å². The Kier molecular flexibility index (Phi) is 17.2. The summed E-state index contributed by atoms with van der Waals surface area (Å²) in [5.74, 6) is 0.393. The molecule has 5 aromatic rings. The van der Waals surface area contributed by atoms with Gasteiger partial charge in [-0.2, -0.15) is 0 Å². The van der Waals surface area contributed by atoms with Crippen molar-refractivity contribution in [3.05, 3.63) is 130 Å². The van der Waals surface area contributed by atoms with Crippen LogP contribution in [0.4, 0.5) is 28.4 Å². The first-order valence-corrected chi connectivity index (χ1v) is 28.9. The minimum atomic E-state index is -0.796. The van der Waals surface area contributed by atoms with E-state index < -0.39 is 17.9 Å².